The predicted molar refractivity (Wildman–Crippen MR) is 83.5 cm³/mol. The van der Waals surface area contributed by atoms with Gasteiger partial charge >= 0.3 is 0 Å². The van der Waals surface area contributed by atoms with Gasteiger partial charge in [0.15, 0.2) is 6.61 Å². The molecule has 20 heavy (non-hydrogen) atoms. The molecule has 0 bridgehead atoms. The number of amides is 1. The van der Waals surface area contributed by atoms with E-state index in [1.54, 1.807) is 6.07 Å². The summed E-state index contributed by atoms with van der Waals surface area (Å²) in [5, 5.41) is 7.03. The van der Waals surface area contributed by atoms with E-state index in [1.165, 1.54) is 6.42 Å². The van der Waals surface area contributed by atoms with Crippen molar-refractivity contribution in [3.8, 4) is 5.75 Å². The van der Waals surface area contributed by atoms with Gasteiger partial charge in [-0.05, 0) is 31.6 Å². The zero-order valence-corrected chi connectivity index (χ0v) is 12.3. The largest absolute Gasteiger partial charge is 0.482 e. The molecular weight excluding hydrogens is 274 g/mol. The number of fused-ring (bicyclic) bond motifs is 1. The van der Waals surface area contributed by atoms with Crippen LogP contribution in [0.25, 0.3) is 0 Å². The molecule has 1 aliphatic heterocycles. The summed E-state index contributed by atoms with van der Waals surface area (Å²) in [5.41, 5.74) is 8.29. The Labute approximate surface area is 122 Å². The Morgan fingerprint density at radius 1 is 1.45 bits per heavy atom. The summed E-state index contributed by atoms with van der Waals surface area (Å²) < 4.78 is 5.35. The minimum Gasteiger partial charge on any atom is -0.482 e. The van der Waals surface area contributed by atoms with E-state index in [0.29, 0.717) is 23.2 Å². The predicted octanol–water partition coefficient (Wildman–Crippen LogP) is 2.30. The van der Waals surface area contributed by atoms with Crippen molar-refractivity contribution in [3.63, 3.8) is 0 Å². The number of hydrogen-bond acceptors (Lipinski definition) is 5. The summed E-state index contributed by atoms with van der Waals surface area (Å²) in [4.78, 5) is 11.4. The Hall–Kier alpha value is -1.56. The van der Waals surface area contributed by atoms with E-state index in [9.17, 15) is 4.79 Å². The molecule has 0 aromatic heterocycles. The van der Waals surface area contributed by atoms with E-state index >= 15 is 0 Å². The van der Waals surface area contributed by atoms with Gasteiger partial charge in [-0.15, -0.1) is 0 Å². The van der Waals surface area contributed by atoms with E-state index in [-0.39, 0.29) is 12.5 Å². The van der Waals surface area contributed by atoms with Crippen LogP contribution in [-0.4, -0.2) is 30.1 Å². The van der Waals surface area contributed by atoms with Gasteiger partial charge in [0.2, 0.25) is 0 Å². The van der Waals surface area contributed by atoms with Crippen LogP contribution in [0.15, 0.2) is 12.1 Å². The zero-order chi connectivity index (χ0) is 14.1. The maximum atomic E-state index is 11.4. The lowest BCUT2D eigenvalue weighted by molar-refractivity contribution is -0.118. The van der Waals surface area contributed by atoms with Crippen molar-refractivity contribution in [1.29, 1.82) is 0 Å². The molecule has 6 heteroatoms. The molecule has 0 saturated heterocycles. The second-order valence-corrected chi connectivity index (χ2v) is 6.42. The van der Waals surface area contributed by atoms with Gasteiger partial charge in [-0.25, -0.2) is 0 Å². The SMILES string of the molecule is CSC1CCC(Nc2cc3c(cc2N)OCC(=O)N3)C1. The number of nitrogens with two attached hydrogens (primary N) is 1. The van der Waals surface area contributed by atoms with Gasteiger partial charge in [0, 0.05) is 17.4 Å². The third-order valence-corrected chi connectivity index (χ3v) is 4.96. The van der Waals surface area contributed by atoms with Crippen LogP contribution in [0.4, 0.5) is 17.1 Å². The minimum absolute atomic E-state index is 0.0528. The summed E-state index contributed by atoms with van der Waals surface area (Å²) >= 11 is 1.93. The molecule has 0 spiro atoms. The Kier molecular flexibility index (Phi) is 3.65. The van der Waals surface area contributed by atoms with E-state index in [4.69, 9.17) is 10.5 Å². The summed E-state index contributed by atoms with van der Waals surface area (Å²) in [6.07, 6.45) is 5.71. The fourth-order valence-corrected chi connectivity index (χ4v) is 3.57. The van der Waals surface area contributed by atoms with E-state index in [0.717, 1.165) is 23.8 Å². The first-order valence-corrected chi connectivity index (χ1v) is 8.10. The summed E-state index contributed by atoms with van der Waals surface area (Å²) in [7, 11) is 0. The van der Waals surface area contributed by atoms with Crippen molar-refractivity contribution in [2.75, 3.05) is 29.2 Å². The molecule has 1 heterocycles. The first-order chi connectivity index (χ1) is 9.65. The van der Waals surface area contributed by atoms with Gasteiger partial charge in [0.05, 0.1) is 17.1 Å². The highest BCUT2D eigenvalue weighted by molar-refractivity contribution is 7.99. The van der Waals surface area contributed by atoms with Crippen molar-refractivity contribution >= 4 is 34.7 Å². The standard InChI is InChI=1S/C14H19N3O2S/c1-20-9-3-2-8(4-9)16-11-6-12-13(5-10(11)15)19-7-14(18)17-12/h5-6,8-9,16H,2-4,7,15H2,1H3,(H,17,18). The Bertz CT molecular complexity index is 535. The molecule has 1 amide bonds. The smallest absolute Gasteiger partial charge is 0.262 e. The minimum atomic E-state index is -0.128. The fraction of sp³-hybridized carbons (Fsp3) is 0.500. The first-order valence-electron chi connectivity index (χ1n) is 6.81. The van der Waals surface area contributed by atoms with E-state index in [2.05, 4.69) is 16.9 Å². The lowest BCUT2D eigenvalue weighted by atomic mass is 10.1. The number of carbonyl (C=O) groups excluding carboxylic acids is 1. The number of benzene rings is 1. The van der Waals surface area contributed by atoms with Crippen LogP contribution >= 0.6 is 11.8 Å². The monoisotopic (exact) mass is 293 g/mol. The molecule has 1 saturated carbocycles. The molecule has 3 rings (SSSR count). The molecule has 1 aliphatic carbocycles. The first kappa shape index (κ1) is 13.4. The number of nitrogens with one attached hydrogen (secondary N) is 2. The Morgan fingerprint density at radius 2 is 2.30 bits per heavy atom. The van der Waals surface area contributed by atoms with Crippen LogP contribution in [0.1, 0.15) is 19.3 Å². The van der Waals surface area contributed by atoms with Crippen molar-refractivity contribution in [1.82, 2.24) is 0 Å². The zero-order valence-electron chi connectivity index (χ0n) is 11.4. The highest BCUT2D eigenvalue weighted by atomic mass is 32.2. The molecule has 1 aromatic carbocycles. The van der Waals surface area contributed by atoms with Crippen LogP contribution in [0.3, 0.4) is 0 Å². The third kappa shape index (κ3) is 2.65. The van der Waals surface area contributed by atoms with Crippen molar-refractivity contribution < 1.29 is 9.53 Å². The molecule has 2 unspecified atom stereocenters. The van der Waals surface area contributed by atoms with Crippen molar-refractivity contribution in [2.24, 2.45) is 0 Å². The van der Waals surface area contributed by atoms with E-state index < -0.39 is 0 Å². The Morgan fingerprint density at radius 3 is 3.05 bits per heavy atom. The normalized spacial score (nSPS) is 24.8. The molecule has 108 valence electrons. The fourth-order valence-electron chi connectivity index (χ4n) is 2.77. The summed E-state index contributed by atoms with van der Waals surface area (Å²) in [5.74, 6) is 0.512. The lowest BCUT2D eigenvalue weighted by Gasteiger charge is -2.22. The average Bonchev–Trinajstić information content (AvgIpc) is 2.88. The Balaban J connectivity index is 1.76. The number of hydrogen-bond donors (Lipinski definition) is 3. The molecule has 4 N–H and O–H groups in total. The van der Waals surface area contributed by atoms with Gasteiger partial charge < -0.3 is 21.1 Å². The van der Waals surface area contributed by atoms with Crippen molar-refractivity contribution in [2.45, 2.75) is 30.6 Å². The van der Waals surface area contributed by atoms with Gasteiger partial charge in [0.25, 0.3) is 5.91 Å². The molecule has 1 fully saturated rings. The number of ether oxygens (including phenoxy) is 1. The van der Waals surface area contributed by atoms with Gasteiger partial charge in [-0.2, -0.15) is 11.8 Å². The third-order valence-electron chi connectivity index (χ3n) is 3.86. The van der Waals surface area contributed by atoms with Gasteiger partial charge in [-0.3, -0.25) is 4.79 Å². The quantitative estimate of drug-likeness (QED) is 0.746. The number of nitrogen functional groups attached to an aromatic ring is 1. The number of anilines is 3. The second-order valence-electron chi connectivity index (χ2n) is 5.28. The molecule has 2 aliphatic rings. The summed E-state index contributed by atoms with van der Waals surface area (Å²) in [6.45, 7) is 0.0528. The second kappa shape index (κ2) is 5.44. The van der Waals surface area contributed by atoms with Gasteiger partial charge in [-0.1, -0.05) is 0 Å². The molecule has 5 nitrogen and oxygen atoms in total. The average molecular weight is 293 g/mol. The lowest BCUT2D eigenvalue weighted by Crippen LogP contribution is -2.26. The van der Waals surface area contributed by atoms with Crippen LogP contribution in [-0.2, 0) is 4.79 Å². The van der Waals surface area contributed by atoms with Gasteiger partial charge in [0.1, 0.15) is 5.75 Å². The highest BCUT2D eigenvalue weighted by Gasteiger charge is 2.25. The number of carbonyl (C=O) groups is 1. The van der Waals surface area contributed by atoms with Crippen LogP contribution < -0.4 is 21.1 Å². The topological polar surface area (TPSA) is 76.4 Å². The van der Waals surface area contributed by atoms with E-state index in [1.807, 2.05) is 17.8 Å². The maximum absolute atomic E-state index is 11.4. The maximum Gasteiger partial charge on any atom is 0.262 e. The highest BCUT2D eigenvalue weighted by Crippen LogP contribution is 2.37. The number of thioether (sulfide) groups is 1. The van der Waals surface area contributed by atoms with Crippen LogP contribution in [0.2, 0.25) is 0 Å². The van der Waals surface area contributed by atoms with Crippen LogP contribution in [0, 0.1) is 0 Å². The molecule has 1 aromatic rings. The molecule has 2 atom stereocenters. The number of rotatable bonds is 3. The van der Waals surface area contributed by atoms with Crippen LogP contribution in [0.5, 0.6) is 5.75 Å². The summed E-state index contributed by atoms with van der Waals surface area (Å²) in [6, 6.07) is 4.10. The van der Waals surface area contributed by atoms with Crippen molar-refractivity contribution in [3.05, 3.63) is 12.1 Å². The molecular formula is C14H19N3O2S. The molecule has 0 radical (unpaired) electrons.